The molecule has 1 aliphatic carbocycles. The molecule has 2 amide bonds. The number of ether oxygens (including phenoxy) is 2. The van der Waals surface area contributed by atoms with Gasteiger partial charge in [-0.15, -0.1) is 0 Å². The van der Waals surface area contributed by atoms with Gasteiger partial charge in [0.15, 0.2) is 0 Å². The highest BCUT2D eigenvalue weighted by Crippen LogP contribution is 2.40. The van der Waals surface area contributed by atoms with Crippen LogP contribution in [0.1, 0.15) is 35.4 Å². The number of hydrogen-bond donors (Lipinski definition) is 3. The van der Waals surface area contributed by atoms with Crippen LogP contribution in [0.2, 0.25) is 0 Å². The summed E-state index contributed by atoms with van der Waals surface area (Å²) in [7, 11) is 0. The summed E-state index contributed by atoms with van der Waals surface area (Å²) in [5.41, 5.74) is 4.52. The van der Waals surface area contributed by atoms with Crippen molar-refractivity contribution in [1.82, 2.24) is 15.6 Å². The Morgan fingerprint density at radius 2 is 1.97 bits per heavy atom. The van der Waals surface area contributed by atoms with Gasteiger partial charge in [-0.25, -0.2) is 9.59 Å². The van der Waals surface area contributed by atoms with Gasteiger partial charge < -0.3 is 25.1 Å². The summed E-state index contributed by atoms with van der Waals surface area (Å²) in [5, 5.41) is 7.00. The Hall–Kier alpha value is -3.48. The Kier molecular flexibility index (Phi) is 5.24. The Labute approximate surface area is 180 Å². The van der Waals surface area contributed by atoms with E-state index >= 15 is 0 Å². The van der Waals surface area contributed by atoms with Gasteiger partial charge in [-0.05, 0) is 54.0 Å². The van der Waals surface area contributed by atoms with Crippen LogP contribution in [-0.2, 0) is 22.5 Å². The summed E-state index contributed by atoms with van der Waals surface area (Å²) in [6, 6.07) is 16.2. The quantitative estimate of drug-likeness (QED) is 0.563. The van der Waals surface area contributed by atoms with Crippen molar-refractivity contribution in [3.05, 3.63) is 71.4 Å². The van der Waals surface area contributed by atoms with Crippen LogP contribution in [0.3, 0.4) is 0 Å². The number of aromatic nitrogens is 1. The smallest absolute Gasteiger partial charge is 0.407 e. The van der Waals surface area contributed by atoms with Crippen LogP contribution in [0.4, 0.5) is 9.59 Å². The maximum absolute atomic E-state index is 12.1. The molecule has 2 aromatic carbocycles. The molecule has 1 aliphatic heterocycles. The minimum Gasteiger partial charge on any atom is -0.447 e. The largest absolute Gasteiger partial charge is 0.447 e. The summed E-state index contributed by atoms with van der Waals surface area (Å²) in [5.74, 6) is 0.401. The molecule has 31 heavy (non-hydrogen) atoms. The van der Waals surface area contributed by atoms with Gasteiger partial charge in [-0.1, -0.05) is 36.4 Å². The Morgan fingerprint density at radius 3 is 2.74 bits per heavy atom. The second-order valence-corrected chi connectivity index (χ2v) is 8.34. The van der Waals surface area contributed by atoms with Crippen molar-refractivity contribution < 1.29 is 19.1 Å². The van der Waals surface area contributed by atoms with Crippen molar-refractivity contribution in [2.24, 2.45) is 0 Å². The standard InChI is InChI=1S/C24H25N3O4/c28-23(30-13-15-4-2-1-3-5-15)26-18-10-17(11-18)21-12-25-22-7-6-16(9-20(21)22)8-19-14-31-24(29)27-19/h1-7,9,12,17-19,25H,8,10-11,13-14H2,(H,26,28)(H,27,29)/t17?,18?,19-/m0/s1. The molecular formula is C24H25N3O4. The predicted octanol–water partition coefficient (Wildman–Crippen LogP) is 3.99. The first-order valence-electron chi connectivity index (χ1n) is 10.6. The van der Waals surface area contributed by atoms with Crippen LogP contribution in [-0.4, -0.2) is 35.9 Å². The first-order chi connectivity index (χ1) is 15.1. The minimum atomic E-state index is -0.366. The second kappa shape index (κ2) is 8.34. The van der Waals surface area contributed by atoms with Crippen LogP contribution in [0.25, 0.3) is 10.9 Å². The molecule has 3 N–H and O–H groups in total. The third-order valence-electron chi connectivity index (χ3n) is 6.11. The minimum absolute atomic E-state index is 0.0199. The molecule has 5 rings (SSSR count). The number of carbonyl (C=O) groups excluding carboxylic acids is 2. The lowest BCUT2D eigenvalue weighted by Gasteiger charge is -2.35. The van der Waals surface area contributed by atoms with Gasteiger partial charge in [-0.3, -0.25) is 0 Å². The zero-order chi connectivity index (χ0) is 21.2. The van der Waals surface area contributed by atoms with E-state index in [0.717, 1.165) is 30.3 Å². The second-order valence-electron chi connectivity index (χ2n) is 8.34. The van der Waals surface area contributed by atoms with E-state index in [1.807, 2.05) is 30.3 Å². The van der Waals surface area contributed by atoms with Crippen molar-refractivity contribution >= 4 is 23.1 Å². The molecule has 160 valence electrons. The topological polar surface area (TPSA) is 92.5 Å². The molecule has 0 unspecified atom stereocenters. The summed E-state index contributed by atoms with van der Waals surface area (Å²) < 4.78 is 10.3. The number of rotatable bonds is 6. The van der Waals surface area contributed by atoms with Crippen LogP contribution in [0, 0.1) is 0 Å². The molecule has 1 saturated heterocycles. The monoisotopic (exact) mass is 419 g/mol. The number of amides is 2. The van der Waals surface area contributed by atoms with E-state index in [9.17, 15) is 9.59 Å². The molecule has 1 atom stereocenters. The van der Waals surface area contributed by atoms with Gasteiger partial charge in [0.05, 0.1) is 6.04 Å². The maximum atomic E-state index is 12.1. The van der Waals surface area contributed by atoms with Gasteiger partial charge in [0.2, 0.25) is 0 Å². The van der Waals surface area contributed by atoms with Crippen LogP contribution in [0.15, 0.2) is 54.7 Å². The SMILES string of the molecule is O=C(NC1CC(c2c[nH]c3ccc(C[C@H]4COC(=O)N4)cc23)C1)OCc1ccccc1. The van der Waals surface area contributed by atoms with E-state index in [1.54, 1.807) is 0 Å². The zero-order valence-electron chi connectivity index (χ0n) is 17.1. The van der Waals surface area contributed by atoms with Crippen molar-refractivity contribution in [2.45, 2.75) is 43.9 Å². The van der Waals surface area contributed by atoms with Gasteiger partial charge in [0.25, 0.3) is 0 Å². The first kappa shape index (κ1) is 19.5. The Morgan fingerprint density at radius 1 is 1.13 bits per heavy atom. The predicted molar refractivity (Wildman–Crippen MR) is 116 cm³/mol. The highest BCUT2D eigenvalue weighted by Gasteiger charge is 2.33. The summed E-state index contributed by atoms with van der Waals surface area (Å²) in [6.45, 7) is 0.688. The summed E-state index contributed by atoms with van der Waals surface area (Å²) in [4.78, 5) is 26.7. The molecule has 3 aromatic rings. The van der Waals surface area contributed by atoms with E-state index in [-0.39, 0.29) is 30.9 Å². The van der Waals surface area contributed by atoms with Crippen molar-refractivity contribution in [1.29, 1.82) is 0 Å². The third kappa shape index (κ3) is 4.35. The third-order valence-corrected chi connectivity index (χ3v) is 6.11. The number of H-pyrrole nitrogens is 1. The first-order valence-corrected chi connectivity index (χ1v) is 10.6. The Balaban J connectivity index is 1.16. The Bertz CT molecular complexity index is 1090. The molecule has 2 heterocycles. The number of cyclic esters (lactones) is 1. The van der Waals surface area contributed by atoms with E-state index in [1.165, 1.54) is 16.5 Å². The number of hydrogen-bond acceptors (Lipinski definition) is 4. The number of benzene rings is 2. The van der Waals surface area contributed by atoms with Crippen molar-refractivity contribution in [3.8, 4) is 0 Å². The van der Waals surface area contributed by atoms with E-state index in [2.05, 4.69) is 40.0 Å². The van der Waals surface area contributed by atoms with Gasteiger partial charge in [0, 0.05) is 23.1 Å². The molecule has 0 radical (unpaired) electrons. The van der Waals surface area contributed by atoms with E-state index < -0.39 is 0 Å². The average Bonchev–Trinajstić information content (AvgIpc) is 3.35. The van der Waals surface area contributed by atoms with Crippen molar-refractivity contribution in [3.63, 3.8) is 0 Å². The fourth-order valence-corrected chi connectivity index (χ4v) is 4.40. The molecule has 0 bridgehead atoms. The molecule has 0 spiro atoms. The molecule has 2 fully saturated rings. The fraction of sp³-hybridized carbons (Fsp3) is 0.333. The molecule has 1 saturated carbocycles. The number of nitrogens with one attached hydrogen (secondary N) is 3. The summed E-state index contributed by atoms with van der Waals surface area (Å²) >= 11 is 0. The van der Waals surface area contributed by atoms with E-state index in [0.29, 0.717) is 12.5 Å². The zero-order valence-corrected chi connectivity index (χ0v) is 17.1. The normalized spacial score (nSPS) is 22.5. The van der Waals surface area contributed by atoms with Crippen LogP contribution < -0.4 is 10.6 Å². The lowest BCUT2D eigenvalue weighted by molar-refractivity contribution is 0.128. The molecule has 7 nitrogen and oxygen atoms in total. The van der Waals surface area contributed by atoms with Crippen LogP contribution >= 0.6 is 0 Å². The lowest BCUT2D eigenvalue weighted by atomic mass is 9.75. The highest BCUT2D eigenvalue weighted by atomic mass is 16.6. The van der Waals surface area contributed by atoms with Gasteiger partial charge >= 0.3 is 12.2 Å². The summed E-state index contributed by atoms with van der Waals surface area (Å²) in [6.07, 6.45) is 3.89. The fourth-order valence-electron chi connectivity index (χ4n) is 4.40. The van der Waals surface area contributed by atoms with E-state index in [4.69, 9.17) is 9.47 Å². The lowest BCUT2D eigenvalue weighted by Crippen LogP contribution is -2.43. The molecular weight excluding hydrogens is 394 g/mol. The molecule has 7 heteroatoms. The maximum Gasteiger partial charge on any atom is 0.407 e. The van der Waals surface area contributed by atoms with Gasteiger partial charge in [0.1, 0.15) is 13.2 Å². The number of alkyl carbamates (subject to hydrolysis) is 2. The van der Waals surface area contributed by atoms with Crippen LogP contribution in [0.5, 0.6) is 0 Å². The van der Waals surface area contributed by atoms with Gasteiger partial charge in [-0.2, -0.15) is 0 Å². The molecule has 1 aromatic heterocycles. The number of aromatic amines is 1. The average molecular weight is 419 g/mol. The number of fused-ring (bicyclic) bond motifs is 1. The number of carbonyl (C=O) groups is 2. The highest BCUT2D eigenvalue weighted by molar-refractivity contribution is 5.84. The molecule has 2 aliphatic rings. The van der Waals surface area contributed by atoms with Crippen molar-refractivity contribution in [2.75, 3.05) is 6.61 Å².